The molecule has 7 nitrogen and oxygen atoms in total. The Labute approximate surface area is 203 Å². The summed E-state index contributed by atoms with van der Waals surface area (Å²) in [5.41, 5.74) is 0.795. The van der Waals surface area contributed by atoms with E-state index in [1.54, 1.807) is 18.2 Å². The van der Waals surface area contributed by atoms with E-state index in [4.69, 9.17) is 9.47 Å². The van der Waals surface area contributed by atoms with Crippen molar-refractivity contribution < 1.29 is 31.5 Å². The minimum absolute atomic E-state index is 0.0463. The Bertz CT molecular complexity index is 1260. The standard InChI is InChI=1S/C25H26F2N2O5S/c1-17(2)34-23-13-4-18(14-24(23)33-3)15-28-25(30)16-29(21-9-5-19(26)6-10-21)35(31,32)22-11-7-20(27)8-12-22/h4-14,17H,15-16H2,1-3H3,(H,28,30). The molecule has 0 saturated carbocycles. The van der Waals surface area contributed by atoms with E-state index < -0.39 is 34.1 Å². The molecule has 3 aromatic carbocycles. The second-order valence-electron chi connectivity index (χ2n) is 7.87. The number of sulfonamides is 1. The number of methoxy groups -OCH3 is 1. The molecule has 0 unspecified atom stereocenters. The number of ether oxygens (including phenoxy) is 2. The number of rotatable bonds is 10. The number of carbonyl (C=O) groups excluding carboxylic acids is 1. The van der Waals surface area contributed by atoms with Gasteiger partial charge in [-0.2, -0.15) is 0 Å². The Balaban J connectivity index is 1.79. The number of anilines is 1. The van der Waals surface area contributed by atoms with Crippen LogP contribution in [-0.4, -0.2) is 34.1 Å². The molecule has 1 N–H and O–H groups in total. The first kappa shape index (κ1) is 26.0. The molecule has 0 aliphatic heterocycles. The predicted molar refractivity (Wildman–Crippen MR) is 128 cm³/mol. The van der Waals surface area contributed by atoms with Crippen molar-refractivity contribution in [3.8, 4) is 11.5 Å². The van der Waals surface area contributed by atoms with Gasteiger partial charge in [-0.25, -0.2) is 17.2 Å². The molecule has 0 aromatic heterocycles. The summed E-state index contributed by atoms with van der Waals surface area (Å²) in [6.07, 6.45) is -0.0463. The zero-order valence-corrected chi connectivity index (χ0v) is 20.3. The van der Waals surface area contributed by atoms with Crippen LogP contribution < -0.4 is 19.1 Å². The van der Waals surface area contributed by atoms with Crippen LogP contribution in [0.2, 0.25) is 0 Å². The van der Waals surface area contributed by atoms with Gasteiger partial charge in [0.1, 0.15) is 18.2 Å². The smallest absolute Gasteiger partial charge is 0.264 e. The van der Waals surface area contributed by atoms with E-state index in [9.17, 15) is 22.0 Å². The fraction of sp³-hybridized carbons (Fsp3) is 0.240. The fourth-order valence-corrected chi connectivity index (χ4v) is 4.64. The minimum atomic E-state index is -4.24. The number of hydrogen-bond acceptors (Lipinski definition) is 5. The number of halogens is 2. The molecular formula is C25H26F2N2O5S. The van der Waals surface area contributed by atoms with Crippen LogP contribution in [-0.2, 0) is 21.4 Å². The fourth-order valence-electron chi connectivity index (χ4n) is 3.22. The molecule has 0 spiro atoms. The third-order valence-corrected chi connectivity index (χ3v) is 6.67. The van der Waals surface area contributed by atoms with Crippen LogP contribution >= 0.6 is 0 Å². The number of nitrogens with one attached hydrogen (secondary N) is 1. The highest BCUT2D eigenvalue weighted by Gasteiger charge is 2.27. The zero-order valence-electron chi connectivity index (χ0n) is 19.5. The Kier molecular flexibility index (Phi) is 8.29. The lowest BCUT2D eigenvalue weighted by atomic mass is 10.2. The molecule has 186 valence electrons. The molecule has 0 aliphatic carbocycles. The van der Waals surface area contributed by atoms with E-state index >= 15 is 0 Å². The Morgan fingerprint density at radius 2 is 1.54 bits per heavy atom. The average Bonchev–Trinajstić information content (AvgIpc) is 2.82. The molecule has 0 heterocycles. The first-order chi connectivity index (χ1) is 16.6. The largest absolute Gasteiger partial charge is 0.493 e. The molecule has 0 saturated heterocycles. The summed E-state index contributed by atoms with van der Waals surface area (Å²) in [5.74, 6) is -0.698. The van der Waals surface area contributed by atoms with Crippen LogP contribution in [0.5, 0.6) is 11.5 Å². The van der Waals surface area contributed by atoms with Gasteiger partial charge in [-0.3, -0.25) is 9.10 Å². The van der Waals surface area contributed by atoms with Crippen LogP contribution in [0.25, 0.3) is 0 Å². The first-order valence-corrected chi connectivity index (χ1v) is 12.2. The van der Waals surface area contributed by atoms with E-state index in [1.165, 1.54) is 19.2 Å². The molecule has 0 atom stereocenters. The SMILES string of the molecule is COc1cc(CNC(=O)CN(c2ccc(F)cc2)S(=O)(=O)c2ccc(F)cc2)ccc1OC(C)C. The second-order valence-corrected chi connectivity index (χ2v) is 9.73. The third kappa shape index (κ3) is 6.69. The van der Waals surface area contributed by atoms with Crippen molar-refractivity contribution in [2.75, 3.05) is 18.0 Å². The van der Waals surface area contributed by atoms with Crippen molar-refractivity contribution >= 4 is 21.6 Å². The second kappa shape index (κ2) is 11.2. The molecule has 3 rings (SSSR count). The molecule has 0 radical (unpaired) electrons. The van der Waals surface area contributed by atoms with Gasteiger partial charge >= 0.3 is 0 Å². The van der Waals surface area contributed by atoms with Crippen LogP contribution in [0.3, 0.4) is 0 Å². The molecule has 0 fully saturated rings. The summed E-state index contributed by atoms with van der Waals surface area (Å²) in [4.78, 5) is 12.6. The Morgan fingerprint density at radius 1 is 0.943 bits per heavy atom. The van der Waals surface area contributed by atoms with E-state index in [0.29, 0.717) is 17.1 Å². The molecule has 1 amide bonds. The number of carbonyl (C=O) groups is 1. The number of hydrogen-bond donors (Lipinski definition) is 1. The van der Waals surface area contributed by atoms with Crippen LogP contribution in [0.4, 0.5) is 14.5 Å². The van der Waals surface area contributed by atoms with Gasteiger partial charge in [0, 0.05) is 6.54 Å². The van der Waals surface area contributed by atoms with Crippen molar-refractivity contribution in [3.63, 3.8) is 0 Å². The number of nitrogens with zero attached hydrogens (tertiary/aromatic N) is 1. The molecule has 0 aliphatic rings. The van der Waals surface area contributed by atoms with E-state index in [2.05, 4.69) is 5.32 Å². The molecule has 3 aromatic rings. The predicted octanol–water partition coefficient (Wildman–Crippen LogP) is 4.27. The maximum atomic E-state index is 13.4. The van der Waals surface area contributed by atoms with Gasteiger partial charge in [0.15, 0.2) is 11.5 Å². The van der Waals surface area contributed by atoms with Crippen LogP contribution in [0.1, 0.15) is 19.4 Å². The van der Waals surface area contributed by atoms with Crippen molar-refractivity contribution in [2.24, 2.45) is 0 Å². The summed E-state index contributed by atoms with van der Waals surface area (Å²) >= 11 is 0. The summed E-state index contributed by atoms with van der Waals surface area (Å²) in [6, 6.07) is 14.1. The van der Waals surface area contributed by atoms with Gasteiger partial charge in [0.05, 0.1) is 23.8 Å². The third-order valence-electron chi connectivity index (χ3n) is 4.88. The van der Waals surface area contributed by atoms with Gasteiger partial charge in [-0.05, 0) is 80.1 Å². The van der Waals surface area contributed by atoms with Gasteiger partial charge in [0.2, 0.25) is 5.91 Å². The first-order valence-electron chi connectivity index (χ1n) is 10.7. The molecule has 35 heavy (non-hydrogen) atoms. The number of benzene rings is 3. The molecule has 0 bridgehead atoms. The molecule has 10 heteroatoms. The average molecular weight is 505 g/mol. The minimum Gasteiger partial charge on any atom is -0.493 e. The normalized spacial score (nSPS) is 11.3. The highest BCUT2D eigenvalue weighted by molar-refractivity contribution is 7.92. The van der Waals surface area contributed by atoms with E-state index in [0.717, 1.165) is 40.7 Å². The maximum Gasteiger partial charge on any atom is 0.264 e. The van der Waals surface area contributed by atoms with Gasteiger partial charge in [-0.15, -0.1) is 0 Å². The highest BCUT2D eigenvalue weighted by atomic mass is 32.2. The molecular weight excluding hydrogens is 478 g/mol. The topological polar surface area (TPSA) is 84.9 Å². The van der Waals surface area contributed by atoms with Crippen molar-refractivity contribution in [1.29, 1.82) is 0 Å². The van der Waals surface area contributed by atoms with Crippen molar-refractivity contribution in [3.05, 3.63) is 83.9 Å². The van der Waals surface area contributed by atoms with E-state index in [-0.39, 0.29) is 23.2 Å². The summed E-state index contributed by atoms with van der Waals surface area (Å²) in [5, 5.41) is 2.68. The number of amides is 1. The maximum absolute atomic E-state index is 13.4. The van der Waals surface area contributed by atoms with Crippen LogP contribution in [0.15, 0.2) is 71.6 Å². The van der Waals surface area contributed by atoms with E-state index in [1.807, 2.05) is 13.8 Å². The van der Waals surface area contributed by atoms with Crippen molar-refractivity contribution in [1.82, 2.24) is 5.32 Å². The monoisotopic (exact) mass is 504 g/mol. The lowest BCUT2D eigenvalue weighted by molar-refractivity contribution is -0.119. The van der Waals surface area contributed by atoms with Gasteiger partial charge < -0.3 is 14.8 Å². The lowest BCUT2D eigenvalue weighted by Gasteiger charge is -2.24. The van der Waals surface area contributed by atoms with Gasteiger partial charge in [-0.1, -0.05) is 6.07 Å². The van der Waals surface area contributed by atoms with Crippen molar-refractivity contribution in [2.45, 2.75) is 31.4 Å². The summed E-state index contributed by atoms with van der Waals surface area (Å²) in [7, 11) is -2.74. The quantitative estimate of drug-likeness (QED) is 0.446. The van der Waals surface area contributed by atoms with Gasteiger partial charge in [0.25, 0.3) is 10.0 Å². The van der Waals surface area contributed by atoms with Crippen LogP contribution in [0, 0.1) is 11.6 Å². The summed E-state index contributed by atoms with van der Waals surface area (Å²) in [6.45, 7) is 3.31. The Hall–Kier alpha value is -3.66. The lowest BCUT2D eigenvalue weighted by Crippen LogP contribution is -2.40. The zero-order chi connectivity index (χ0) is 25.6. The highest BCUT2D eigenvalue weighted by Crippen LogP contribution is 2.29. The summed E-state index contributed by atoms with van der Waals surface area (Å²) < 4.78 is 65.1. The Morgan fingerprint density at radius 3 is 2.11 bits per heavy atom.